The van der Waals surface area contributed by atoms with Crippen LogP contribution in [0.2, 0.25) is 0 Å². The topological polar surface area (TPSA) is 84.0 Å². The molecule has 0 aliphatic carbocycles. The Morgan fingerprint density at radius 1 is 0.885 bits per heavy atom. The average molecular weight is 350 g/mol. The van der Waals surface area contributed by atoms with Gasteiger partial charge in [-0.1, -0.05) is 18.2 Å². The van der Waals surface area contributed by atoms with E-state index in [9.17, 15) is 14.0 Å². The molecule has 2 aromatic heterocycles. The van der Waals surface area contributed by atoms with Crippen molar-refractivity contribution in [3.05, 3.63) is 89.8 Å². The van der Waals surface area contributed by atoms with Crippen LogP contribution in [0.1, 0.15) is 26.5 Å². The Morgan fingerprint density at radius 2 is 1.58 bits per heavy atom. The number of carbonyl (C=O) groups is 2. The third-order valence-corrected chi connectivity index (χ3v) is 3.54. The van der Waals surface area contributed by atoms with Crippen LogP contribution in [0.15, 0.2) is 67.0 Å². The van der Waals surface area contributed by atoms with Crippen molar-refractivity contribution in [1.29, 1.82) is 0 Å². The number of halogens is 1. The van der Waals surface area contributed by atoms with Gasteiger partial charge in [-0.3, -0.25) is 14.6 Å². The van der Waals surface area contributed by atoms with Crippen LogP contribution >= 0.6 is 0 Å². The van der Waals surface area contributed by atoms with Crippen molar-refractivity contribution in [2.75, 3.05) is 5.32 Å². The second-order valence-electron chi connectivity index (χ2n) is 5.38. The van der Waals surface area contributed by atoms with Crippen molar-refractivity contribution < 1.29 is 14.0 Å². The summed E-state index contributed by atoms with van der Waals surface area (Å²) >= 11 is 0. The predicted molar refractivity (Wildman–Crippen MR) is 94.0 cm³/mol. The van der Waals surface area contributed by atoms with Gasteiger partial charge in [0.25, 0.3) is 11.8 Å². The number of amides is 2. The highest BCUT2D eigenvalue weighted by Crippen LogP contribution is 2.13. The standard InChI is InChI=1S/C19H15FN4O2/c20-14-4-1-2-5-15(14)24-19(26)17-7-3-6-16(23-17)18(25)22-12-13-8-10-21-11-9-13/h1-11H,12H2,(H,22,25)(H,24,26). The number of carbonyl (C=O) groups excluding carboxylic acids is 2. The number of aromatic nitrogens is 2. The molecule has 6 nitrogen and oxygen atoms in total. The first-order valence-electron chi connectivity index (χ1n) is 7.83. The molecule has 0 saturated carbocycles. The fraction of sp³-hybridized carbons (Fsp3) is 0.0526. The van der Waals surface area contributed by atoms with Gasteiger partial charge >= 0.3 is 0 Å². The monoisotopic (exact) mass is 350 g/mol. The maximum absolute atomic E-state index is 13.6. The van der Waals surface area contributed by atoms with Gasteiger partial charge in [0.2, 0.25) is 0 Å². The van der Waals surface area contributed by atoms with Crippen LogP contribution in [0.3, 0.4) is 0 Å². The summed E-state index contributed by atoms with van der Waals surface area (Å²) in [4.78, 5) is 32.4. The molecule has 1 aromatic carbocycles. The minimum atomic E-state index is -0.598. The number of anilines is 1. The molecule has 0 aliphatic rings. The normalized spacial score (nSPS) is 10.2. The summed E-state index contributed by atoms with van der Waals surface area (Å²) in [6.45, 7) is 0.314. The molecular weight excluding hydrogens is 335 g/mol. The summed E-state index contributed by atoms with van der Waals surface area (Å²) in [6.07, 6.45) is 3.26. The van der Waals surface area contributed by atoms with Crippen molar-refractivity contribution in [3.8, 4) is 0 Å². The van der Waals surface area contributed by atoms with E-state index in [1.54, 1.807) is 36.7 Å². The molecule has 0 spiro atoms. The fourth-order valence-corrected chi connectivity index (χ4v) is 2.21. The predicted octanol–water partition coefficient (Wildman–Crippen LogP) is 2.80. The molecule has 130 valence electrons. The van der Waals surface area contributed by atoms with Crippen LogP contribution in [0.25, 0.3) is 0 Å². The number of hydrogen-bond acceptors (Lipinski definition) is 4. The lowest BCUT2D eigenvalue weighted by atomic mass is 10.2. The van der Waals surface area contributed by atoms with E-state index in [0.717, 1.165) is 5.56 Å². The number of nitrogens with zero attached hydrogens (tertiary/aromatic N) is 2. The highest BCUT2D eigenvalue weighted by atomic mass is 19.1. The Bertz CT molecular complexity index is 932. The summed E-state index contributed by atoms with van der Waals surface area (Å²) in [7, 11) is 0. The first-order valence-corrected chi connectivity index (χ1v) is 7.83. The Morgan fingerprint density at radius 3 is 2.31 bits per heavy atom. The second kappa shape index (κ2) is 7.98. The Hall–Kier alpha value is -3.61. The van der Waals surface area contributed by atoms with Gasteiger partial charge in [0.05, 0.1) is 5.69 Å². The zero-order valence-electron chi connectivity index (χ0n) is 13.6. The largest absolute Gasteiger partial charge is 0.347 e. The Labute approximate surface area is 149 Å². The molecule has 0 unspecified atom stereocenters. The Kier molecular flexibility index (Phi) is 5.28. The average Bonchev–Trinajstić information content (AvgIpc) is 2.69. The lowest BCUT2D eigenvalue weighted by Gasteiger charge is -2.08. The van der Waals surface area contributed by atoms with Crippen molar-refractivity contribution >= 4 is 17.5 Å². The molecule has 2 N–H and O–H groups in total. The molecule has 0 fully saturated rings. The molecule has 2 amide bonds. The van der Waals surface area contributed by atoms with Crippen molar-refractivity contribution in [2.24, 2.45) is 0 Å². The Balaban J connectivity index is 1.68. The third kappa shape index (κ3) is 4.27. The van der Waals surface area contributed by atoms with Gasteiger partial charge in [0.15, 0.2) is 0 Å². The van der Waals surface area contributed by atoms with E-state index >= 15 is 0 Å². The minimum absolute atomic E-state index is 0.0183. The molecular formula is C19H15FN4O2. The van der Waals surface area contributed by atoms with E-state index in [1.165, 1.54) is 30.3 Å². The van der Waals surface area contributed by atoms with E-state index in [-0.39, 0.29) is 17.1 Å². The van der Waals surface area contributed by atoms with Gasteiger partial charge < -0.3 is 10.6 Å². The van der Waals surface area contributed by atoms with Crippen LogP contribution < -0.4 is 10.6 Å². The van der Waals surface area contributed by atoms with Gasteiger partial charge in [0.1, 0.15) is 17.2 Å². The van der Waals surface area contributed by atoms with Crippen LogP contribution in [0.4, 0.5) is 10.1 Å². The lowest BCUT2D eigenvalue weighted by Crippen LogP contribution is -2.25. The van der Waals surface area contributed by atoms with Gasteiger partial charge in [-0.25, -0.2) is 9.37 Å². The number of rotatable bonds is 5. The summed E-state index contributed by atoms with van der Waals surface area (Å²) in [6, 6.07) is 13.9. The second-order valence-corrected chi connectivity index (χ2v) is 5.38. The first kappa shape index (κ1) is 17.2. The number of benzene rings is 1. The SMILES string of the molecule is O=C(NCc1ccncc1)c1cccc(C(=O)Nc2ccccc2F)n1. The summed E-state index contributed by atoms with van der Waals surface area (Å²) in [5, 5.41) is 5.15. The zero-order valence-corrected chi connectivity index (χ0v) is 13.6. The molecule has 0 bridgehead atoms. The maximum Gasteiger partial charge on any atom is 0.274 e. The smallest absolute Gasteiger partial charge is 0.274 e. The molecule has 0 atom stereocenters. The maximum atomic E-state index is 13.6. The van der Waals surface area contributed by atoms with Crippen LogP contribution in [0.5, 0.6) is 0 Å². The van der Waals surface area contributed by atoms with Crippen molar-refractivity contribution in [2.45, 2.75) is 6.54 Å². The van der Waals surface area contributed by atoms with Gasteiger partial charge in [0, 0.05) is 18.9 Å². The number of pyridine rings is 2. The van der Waals surface area contributed by atoms with E-state index in [1.807, 2.05) is 0 Å². The molecule has 0 aliphatic heterocycles. The molecule has 0 saturated heterocycles. The van der Waals surface area contributed by atoms with E-state index < -0.39 is 17.6 Å². The summed E-state index contributed by atoms with van der Waals surface area (Å²) in [5.41, 5.74) is 1.05. The fourth-order valence-electron chi connectivity index (χ4n) is 2.21. The quantitative estimate of drug-likeness (QED) is 0.741. The minimum Gasteiger partial charge on any atom is -0.347 e. The third-order valence-electron chi connectivity index (χ3n) is 3.54. The zero-order chi connectivity index (χ0) is 18.4. The van der Waals surface area contributed by atoms with Crippen molar-refractivity contribution in [3.63, 3.8) is 0 Å². The van der Waals surface area contributed by atoms with E-state index in [4.69, 9.17) is 0 Å². The number of nitrogens with one attached hydrogen (secondary N) is 2. The summed E-state index contributed by atoms with van der Waals surface area (Å²) in [5.74, 6) is -1.56. The van der Waals surface area contributed by atoms with Gasteiger partial charge in [-0.15, -0.1) is 0 Å². The van der Waals surface area contributed by atoms with Gasteiger partial charge in [-0.2, -0.15) is 0 Å². The first-order chi connectivity index (χ1) is 12.6. The van der Waals surface area contributed by atoms with E-state index in [0.29, 0.717) is 6.54 Å². The number of para-hydroxylation sites is 1. The molecule has 0 radical (unpaired) electrons. The highest BCUT2D eigenvalue weighted by molar-refractivity contribution is 6.03. The molecule has 7 heteroatoms. The highest BCUT2D eigenvalue weighted by Gasteiger charge is 2.13. The molecule has 3 rings (SSSR count). The van der Waals surface area contributed by atoms with Crippen LogP contribution in [-0.4, -0.2) is 21.8 Å². The van der Waals surface area contributed by atoms with Crippen molar-refractivity contribution in [1.82, 2.24) is 15.3 Å². The molecule has 3 aromatic rings. The lowest BCUT2D eigenvalue weighted by molar-refractivity contribution is 0.0945. The molecule has 26 heavy (non-hydrogen) atoms. The molecule has 2 heterocycles. The van der Waals surface area contributed by atoms with Crippen LogP contribution in [0, 0.1) is 5.82 Å². The summed E-state index contributed by atoms with van der Waals surface area (Å²) < 4.78 is 13.6. The number of hydrogen-bond donors (Lipinski definition) is 2. The van der Waals surface area contributed by atoms with E-state index in [2.05, 4.69) is 20.6 Å². The van der Waals surface area contributed by atoms with Crippen LogP contribution in [-0.2, 0) is 6.54 Å². The van der Waals surface area contributed by atoms with Gasteiger partial charge in [-0.05, 0) is 42.0 Å².